The minimum Gasteiger partial charge on any atom is -0.506 e. The lowest BCUT2D eigenvalue weighted by Gasteiger charge is -2.43. The highest BCUT2D eigenvalue weighted by Crippen LogP contribution is 2.47. The Balaban J connectivity index is 1.66. The molecule has 140 valence electrons. The number of aromatic hydroxyl groups is 1. The summed E-state index contributed by atoms with van der Waals surface area (Å²) >= 11 is 1.30. The van der Waals surface area contributed by atoms with E-state index in [2.05, 4.69) is 4.98 Å². The Morgan fingerprint density at radius 2 is 2.31 bits per heavy atom. The zero-order valence-corrected chi connectivity index (χ0v) is 15.1. The number of carbonyl (C=O) groups excluding carboxylic acids is 1. The number of ether oxygens (including phenoxy) is 2. The Morgan fingerprint density at radius 1 is 1.50 bits per heavy atom. The summed E-state index contributed by atoms with van der Waals surface area (Å²) in [6.07, 6.45) is 2.61. The minimum absolute atomic E-state index is 0.0504. The van der Waals surface area contributed by atoms with Crippen LogP contribution >= 0.6 is 11.8 Å². The first kappa shape index (κ1) is 18.7. The van der Waals surface area contributed by atoms with Crippen LogP contribution in [-0.4, -0.2) is 58.5 Å². The van der Waals surface area contributed by atoms with E-state index in [0.717, 1.165) is 0 Å². The van der Waals surface area contributed by atoms with Crippen LogP contribution in [0.15, 0.2) is 28.9 Å². The summed E-state index contributed by atoms with van der Waals surface area (Å²) in [4.78, 5) is 30.2. The van der Waals surface area contributed by atoms with E-state index in [1.165, 1.54) is 29.8 Å². The number of methoxy groups -OCH3 is 1. The third-order valence-electron chi connectivity index (χ3n) is 4.48. The molecule has 8 nitrogen and oxygen atoms in total. The standard InChI is InChI=1S/C17H20N2O6S/c1-24-9-25-6-4-10-12-7-14(15(17(22)23)19(12)16(10)21)26-8-11-13(20)3-2-5-18-11/h2-3,5,10,12,20H,4,6-9H2,1H3,(H,22,23). The molecule has 2 N–H and O–H groups in total. The second-order valence-electron chi connectivity index (χ2n) is 6.02. The molecule has 26 heavy (non-hydrogen) atoms. The van der Waals surface area contributed by atoms with Gasteiger partial charge >= 0.3 is 5.97 Å². The molecule has 1 aromatic rings. The summed E-state index contributed by atoms with van der Waals surface area (Å²) in [7, 11) is 1.53. The molecule has 0 radical (unpaired) electrons. The van der Waals surface area contributed by atoms with E-state index in [-0.39, 0.29) is 36.1 Å². The first-order chi connectivity index (χ1) is 12.5. The van der Waals surface area contributed by atoms with Gasteiger partial charge in [0.2, 0.25) is 5.91 Å². The third-order valence-corrected chi connectivity index (χ3v) is 5.60. The molecule has 2 aliphatic heterocycles. The predicted octanol–water partition coefficient (Wildman–Crippen LogP) is 1.56. The molecule has 9 heteroatoms. The highest BCUT2D eigenvalue weighted by molar-refractivity contribution is 8.02. The minimum atomic E-state index is -1.11. The van der Waals surface area contributed by atoms with Crippen LogP contribution in [-0.2, 0) is 24.8 Å². The number of carbonyl (C=O) groups is 2. The van der Waals surface area contributed by atoms with Gasteiger partial charge in [0.15, 0.2) is 0 Å². The van der Waals surface area contributed by atoms with Crippen LogP contribution in [0.5, 0.6) is 5.75 Å². The fourth-order valence-electron chi connectivity index (χ4n) is 3.25. The van der Waals surface area contributed by atoms with E-state index in [1.807, 2.05) is 0 Å². The number of hydrogen-bond acceptors (Lipinski definition) is 7. The van der Waals surface area contributed by atoms with Crippen LogP contribution in [0.4, 0.5) is 0 Å². The molecule has 0 aromatic carbocycles. The van der Waals surface area contributed by atoms with Crippen molar-refractivity contribution in [3.63, 3.8) is 0 Å². The third kappa shape index (κ3) is 3.55. The van der Waals surface area contributed by atoms with Gasteiger partial charge in [0, 0.05) is 30.4 Å². The number of thioether (sulfide) groups is 1. The van der Waals surface area contributed by atoms with E-state index in [0.29, 0.717) is 35.8 Å². The highest BCUT2D eigenvalue weighted by atomic mass is 32.2. The van der Waals surface area contributed by atoms with Gasteiger partial charge in [-0.2, -0.15) is 0 Å². The van der Waals surface area contributed by atoms with E-state index < -0.39 is 5.97 Å². The molecule has 2 aliphatic rings. The molecule has 1 aromatic heterocycles. The van der Waals surface area contributed by atoms with E-state index in [4.69, 9.17) is 9.47 Å². The van der Waals surface area contributed by atoms with Crippen molar-refractivity contribution in [2.24, 2.45) is 5.92 Å². The van der Waals surface area contributed by atoms with Crippen LogP contribution in [0.25, 0.3) is 0 Å². The molecular formula is C17H20N2O6S. The predicted molar refractivity (Wildman–Crippen MR) is 93.0 cm³/mol. The number of hydrogen-bond donors (Lipinski definition) is 2. The molecule has 3 rings (SSSR count). The average molecular weight is 380 g/mol. The van der Waals surface area contributed by atoms with Gasteiger partial charge < -0.3 is 24.6 Å². The van der Waals surface area contributed by atoms with E-state index in [9.17, 15) is 19.8 Å². The van der Waals surface area contributed by atoms with Gasteiger partial charge in [-0.05, 0) is 18.6 Å². The number of aromatic nitrogens is 1. The molecule has 1 fully saturated rings. The van der Waals surface area contributed by atoms with Crippen molar-refractivity contribution in [3.8, 4) is 5.75 Å². The van der Waals surface area contributed by atoms with Crippen LogP contribution in [0.2, 0.25) is 0 Å². The topological polar surface area (TPSA) is 109 Å². The van der Waals surface area contributed by atoms with Gasteiger partial charge in [0.05, 0.1) is 24.3 Å². The normalized spacial score (nSPS) is 21.7. The number of pyridine rings is 1. The first-order valence-electron chi connectivity index (χ1n) is 8.16. The lowest BCUT2D eigenvalue weighted by molar-refractivity contribution is -0.156. The number of rotatable bonds is 9. The Hall–Kier alpha value is -2.10. The van der Waals surface area contributed by atoms with Crippen LogP contribution in [0.1, 0.15) is 18.5 Å². The van der Waals surface area contributed by atoms with Crippen molar-refractivity contribution < 1.29 is 29.3 Å². The number of aliphatic carboxylic acids is 1. The average Bonchev–Trinajstić information content (AvgIpc) is 2.96. The molecular weight excluding hydrogens is 360 g/mol. The number of amides is 1. The van der Waals surface area contributed by atoms with Gasteiger partial charge in [-0.25, -0.2) is 4.79 Å². The summed E-state index contributed by atoms with van der Waals surface area (Å²) in [5.41, 5.74) is 0.536. The van der Waals surface area contributed by atoms with Crippen LogP contribution in [0.3, 0.4) is 0 Å². The molecule has 2 unspecified atom stereocenters. The Morgan fingerprint density at radius 3 is 3.00 bits per heavy atom. The highest BCUT2D eigenvalue weighted by Gasteiger charge is 2.54. The van der Waals surface area contributed by atoms with Crippen molar-refractivity contribution in [1.29, 1.82) is 0 Å². The van der Waals surface area contributed by atoms with Gasteiger partial charge in [-0.3, -0.25) is 9.78 Å². The Labute approximate surface area is 154 Å². The zero-order valence-electron chi connectivity index (χ0n) is 14.3. The largest absolute Gasteiger partial charge is 0.506 e. The number of fused-ring (bicyclic) bond motifs is 1. The molecule has 1 saturated heterocycles. The van der Waals surface area contributed by atoms with Gasteiger partial charge in [-0.15, -0.1) is 11.8 Å². The summed E-state index contributed by atoms with van der Waals surface area (Å²) in [5, 5.41) is 19.3. The molecule has 1 amide bonds. The number of carboxylic acid groups (broad SMARTS) is 1. The maximum atomic E-state index is 12.4. The number of nitrogens with zero attached hydrogens (tertiary/aromatic N) is 2. The molecule has 2 atom stereocenters. The van der Waals surface area contributed by atoms with Crippen molar-refractivity contribution in [3.05, 3.63) is 34.6 Å². The maximum absolute atomic E-state index is 12.4. The van der Waals surface area contributed by atoms with Crippen molar-refractivity contribution in [2.75, 3.05) is 20.5 Å². The Bertz CT molecular complexity index is 738. The van der Waals surface area contributed by atoms with E-state index >= 15 is 0 Å². The van der Waals surface area contributed by atoms with Gasteiger partial charge in [0.1, 0.15) is 18.2 Å². The second kappa shape index (κ2) is 8.07. The Kier molecular flexibility index (Phi) is 5.80. The smallest absolute Gasteiger partial charge is 0.353 e. The number of β-lactam (4-membered cyclic amide) rings is 1. The van der Waals surface area contributed by atoms with Crippen molar-refractivity contribution in [1.82, 2.24) is 9.88 Å². The van der Waals surface area contributed by atoms with Gasteiger partial charge in [0.25, 0.3) is 0 Å². The summed E-state index contributed by atoms with van der Waals surface area (Å²) in [6, 6.07) is 3.03. The fourth-order valence-corrected chi connectivity index (χ4v) is 4.39. The molecule has 0 bridgehead atoms. The lowest BCUT2D eigenvalue weighted by atomic mass is 9.85. The maximum Gasteiger partial charge on any atom is 0.353 e. The molecule has 0 spiro atoms. The first-order valence-corrected chi connectivity index (χ1v) is 9.15. The van der Waals surface area contributed by atoms with Crippen LogP contribution < -0.4 is 0 Å². The lowest BCUT2D eigenvalue weighted by Crippen LogP contribution is -2.58. The zero-order chi connectivity index (χ0) is 18.7. The fraction of sp³-hybridized carbons (Fsp3) is 0.471. The van der Waals surface area contributed by atoms with E-state index in [1.54, 1.807) is 12.3 Å². The second-order valence-corrected chi connectivity index (χ2v) is 7.09. The summed E-state index contributed by atoms with van der Waals surface area (Å²) in [6.45, 7) is 0.559. The monoisotopic (exact) mass is 380 g/mol. The quantitative estimate of drug-likeness (QED) is 0.377. The van der Waals surface area contributed by atoms with Gasteiger partial charge in [-0.1, -0.05) is 0 Å². The molecule has 0 saturated carbocycles. The molecule has 3 heterocycles. The molecule has 0 aliphatic carbocycles. The van der Waals surface area contributed by atoms with Crippen molar-refractivity contribution in [2.45, 2.75) is 24.6 Å². The summed E-state index contributed by atoms with van der Waals surface area (Å²) in [5.74, 6) is -1.10. The van der Waals surface area contributed by atoms with Crippen molar-refractivity contribution >= 4 is 23.6 Å². The van der Waals surface area contributed by atoms with Crippen LogP contribution in [0, 0.1) is 5.92 Å². The summed E-state index contributed by atoms with van der Waals surface area (Å²) < 4.78 is 10.0. The SMILES string of the molecule is COCOCCC1C(=O)N2C(C(=O)O)=C(SCc3ncccc3O)CC12. The number of carboxylic acids is 1.